The summed E-state index contributed by atoms with van der Waals surface area (Å²) < 4.78 is 10.8. The molecule has 21 heavy (non-hydrogen) atoms. The Balaban J connectivity index is 1.65. The number of aryl methyl sites for hydroxylation is 2. The largest absolute Gasteiger partial charge is 0.484 e. The zero-order chi connectivity index (χ0) is 15.1. The lowest BCUT2D eigenvalue weighted by Crippen LogP contribution is -2.42. The zero-order valence-electron chi connectivity index (χ0n) is 12.9. The topological polar surface area (TPSA) is 50.8 Å². The van der Waals surface area contributed by atoms with Crippen molar-refractivity contribution in [3.63, 3.8) is 0 Å². The third kappa shape index (κ3) is 5.36. The molecule has 1 aromatic rings. The molecule has 0 radical (unpaired) electrons. The maximum absolute atomic E-state index is 11.8. The van der Waals surface area contributed by atoms with E-state index >= 15 is 0 Å². The van der Waals surface area contributed by atoms with Crippen molar-refractivity contribution >= 4 is 5.91 Å². The van der Waals surface area contributed by atoms with Crippen LogP contribution in [-0.4, -0.2) is 56.8 Å². The van der Waals surface area contributed by atoms with Gasteiger partial charge in [0.05, 0.1) is 13.2 Å². The lowest BCUT2D eigenvalue weighted by Gasteiger charge is -2.26. The fourth-order valence-corrected chi connectivity index (χ4v) is 2.33. The molecule has 1 aliphatic heterocycles. The summed E-state index contributed by atoms with van der Waals surface area (Å²) >= 11 is 0. The molecular formula is C16H24N2O3. The minimum Gasteiger partial charge on any atom is -0.484 e. The van der Waals surface area contributed by atoms with Gasteiger partial charge in [0, 0.05) is 26.2 Å². The van der Waals surface area contributed by atoms with Gasteiger partial charge in [0.1, 0.15) is 5.75 Å². The third-order valence-electron chi connectivity index (χ3n) is 3.54. The minimum atomic E-state index is -0.0803. The Kier molecular flexibility index (Phi) is 6.02. The highest BCUT2D eigenvalue weighted by atomic mass is 16.5. The van der Waals surface area contributed by atoms with E-state index in [2.05, 4.69) is 10.2 Å². The van der Waals surface area contributed by atoms with E-state index in [1.54, 1.807) is 0 Å². The van der Waals surface area contributed by atoms with Gasteiger partial charge in [-0.3, -0.25) is 9.69 Å². The smallest absolute Gasteiger partial charge is 0.257 e. The van der Waals surface area contributed by atoms with Crippen molar-refractivity contribution in [3.05, 3.63) is 29.3 Å². The van der Waals surface area contributed by atoms with E-state index in [0.717, 1.165) is 44.2 Å². The summed E-state index contributed by atoms with van der Waals surface area (Å²) in [6, 6.07) is 5.94. The molecule has 0 saturated carbocycles. The molecule has 0 aromatic heterocycles. The Morgan fingerprint density at radius 3 is 2.81 bits per heavy atom. The van der Waals surface area contributed by atoms with Gasteiger partial charge in [-0.25, -0.2) is 0 Å². The molecule has 1 aliphatic rings. The van der Waals surface area contributed by atoms with Crippen LogP contribution in [0.3, 0.4) is 0 Å². The second-order valence-corrected chi connectivity index (χ2v) is 5.36. The molecule has 1 aromatic carbocycles. The van der Waals surface area contributed by atoms with E-state index in [9.17, 15) is 4.79 Å². The van der Waals surface area contributed by atoms with Crippen LogP contribution in [0.5, 0.6) is 5.75 Å². The van der Waals surface area contributed by atoms with Gasteiger partial charge in [-0.1, -0.05) is 17.7 Å². The second kappa shape index (κ2) is 8.00. The number of hydrogen-bond acceptors (Lipinski definition) is 4. The highest BCUT2D eigenvalue weighted by molar-refractivity contribution is 5.77. The van der Waals surface area contributed by atoms with Crippen LogP contribution in [-0.2, 0) is 9.53 Å². The minimum absolute atomic E-state index is 0.0625. The summed E-state index contributed by atoms with van der Waals surface area (Å²) in [4.78, 5) is 14.0. The van der Waals surface area contributed by atoms with Crippen LogP contribution in [0.1, 0.15) is 11.1 Å². The van der Waals surface area contributed by atoms with Crippen LogP contribution >= 0.6 is 0 Å². The SMILES string of the molecule is Cc1ccc(OCC(=O)NCCN2CCOCC2)c(C)c1. The highest BCUT2D eigenvalue weighted by Gasteiger charge is 2.10. The number of carbonyl (C=O) groups excluding carboxylic acids is 1. The first-order chi connectivity index (χ1) is 10.1. The van der Waals surface area contributed by atoms with E-state index in [-0.39, 0.29) is 12.5 Å². The number of amides is 1. The van der Waals surface area contributed by atoms with Gasteiger partial charge in [0.15, 0.2) is 6.61 Å². The lowest BCUT2D eigenvalue weighted by atomic mass is 10.1. The monoisotopic (exact) mass is 292 g/mol. The Morgan fingerprint density at radius 2 is 2.10 bits per heavy atom. The first-order valence-corrected chi connectivity index (χ1v) is 7.42. The molecule has 0 spiro atoms. The normalized spacial score (nSPS) is 15.7. The summed E-state index contributed by atoms with van der Waals surface area (Å²) in [7, 11) is 0. The number of carbonyl (C=O) groups is 1. The van der Waals surface area contributed by atoms with Crippen LogP contribution < -0.4 is 10.1 Å². The van der Waals surface area contributed by atoms with Crippen LogP contribution in [0.25, 0.3) is 0 Å². The Labute approximate surface area is 126 Å². The summed E-state index contributed by atoms with van der Waals surface area (Å²) in [6.07, 6.45) is 0. The third-order valence-corrected chi connectivity index (χ3v) is 3.54. The van der Waals surface area contributed by atoms with Crippen molar-refractivity contribution < 1.29 is 14.3 Å². The average Bonchev–Trinajstić information content (AvgIpc) is 2.47. The molecule has 5 heteroatoms. The molecule has 0 bridgehead atoms. The van der Waals surface area contributed by atoms with Crippen molar-refractivity contribution in [1.82, 2.24) is 10.2 Å². The quantitative estimate of drug-likeness (QED) is 0.854. The zero-order valence-corrected chi connectivity index (χ0v) is 12.9. The first-order valence-electron chi connectivity index (χ1n) is 7.42. The lowest BCUT2D eigenvalue weighted by molar-refractivity contribution is -0.123. The van der Waals surface area contributed by atoms with E-state index < -0.39 is 0 Å². The van der Waals surface area contributed by atoms with Crippen LogP contribution in [0, 0.1) is 13.8 Å². The fourth-order valence-electron chi connectivity index (χ4n) is 2.33. The number of nitrogens with zero attached hydrogens (tertiary/aromatic N) is 1. The summed E-state index contributed by atoms with van der Waals surface area (Å²) in [5, 5.41) is 2.88. The summed E-state index contributed by atoms with van der Waals surface area (Å²) in [5.41, 5.74) is 2.24. The van der Waals surface area contributed by atoms with Crippen molar-refractivity contribution in [1.29, 1.82) is 0 Å². The number of rotatable bonds is 6. The number of hydrogen-bond donors (Lipinski definition) is 1. The maximum Gasteiger partial charge on any atom is 0.257 e. The molecule has 116 valence electrons. The number of morpholine rings is 1. The number of benzene rings is 1. The maximum atomic E-state index is 11.8. The van der Waals surface area contributed by atoms with Crippen LogP contribution in [0.2, 0.25) is 0 Å². The molecule has 1 heterocycles. The van der Waals surface area contributed by atoms with Gasteiger partial charge in [0.25, 0.3) is 5.91 Å². The highest BCUT2D eigenvalue weighted by Crippen LogP contribution is 2.18. The van der Waals surface area contributed by atoms with Gasteiger partial charge < -0.3 is 14.8 Å². The van der Waals surface area contributed by atoms with E-state index in [4.69, 9.17) is 9.47 Å². The van der Waals surface area contributed by atoms with Crippen LogP contribution in [0.4, 0.5) is 0 Å². The van der Waals surface area contributed by atoms with Gasteiger partial charge in [-0.2, -0.15) is 0 Å². The van der Waals surface area contributed by atoms with Crippen molar-refractivity contribution in [3.8, 4) is 5.75 Å². The molecule has 1 fully saturated rings. The molecule has 0 atom stereocenters. The Hall–Kier alpha value is -1.59. The molecule has 0 unspecified atom stereocenters. The number of ether oxygens (including phenoxy) is 2. The molecule has 5 nitrogen and oxygen atoms in total. The molecule has 2 rings (SSSR count). The van der Waals surface area contributed by atoms with E-state index in [1.807, 2.05) is 32.0 Å². The van der Waals surface area contributed by atoms with Gasteiger partial charge >= 0.3 is 0 Å². The fraction of sp³-hybridized carbons (Fsp3) is 0.562. The van der Waals surface area contributed by atoms with Crippen molar-refractivity contribution in [2.24, 2.45) is 0 Å². The summed E-state index contributed by atoms with van der Waals surface area (Å²) in [5.74, 6) is 0.687. The average molecular weight is 292 g/mol. The summed E-state index contributed by atoms with van der Waals surface area (Å²) in [6.45, 7) is 9.03. The van der Waals surface area contributed by atoms with Gasteiger partial charge in [0.2, 0.25) is 0 Å². The van der Waals surface area contributed by atoms with Crippen molar-refractivity contribution in [2.45, 2.75) is 13.8 Å². The molecule has 1 saturated heterocycles. The van der Waals surface area contributed by atoms with E-state index in [0.29, 0.717) is 6.54 Å². The first kappa shape index (κ1) is 15.8. The second-order valence-electron chi connectivity index (χ2n) is 5.36. The predicted octanol–water partition coefficient (Wildman–Crippen LogP) is 1.13. The van der Waals surface area contributed by atoms with Crippen LogP contribution in [0.15, 0.2) is 18.2 Å². The molecule has 1 amide bonds. The van der Waals surface area contributed by atoms with Gasteiger partial charge in [-0.15, -0.1) is 0 Å². The Morgan fingerprint density at radius 1 is 1.33 bits per heavy atom. The van der Waals surface area contributed by atoms with E-state index in [1.165, 1.54) is 5.56 Å². The predicted molar refractivity (Wildman–Crippen MR) is 81.7 cm³/mol. The Bertz CT molecular complexity index is 471. The van der Waals surface area contributed by atoms with Crippen molar-refractivity contribution in [2.75, 3.05) is 46.0 Å². The molecule has 1 N–H and O–H groups in total. The van der Waals surface area contributed by atoms with Gasteiger partial charge in [-0.05, 0) is 25.5 Å². The molecule has 0 aliphatic carbocycles. The standard InChI is InChI=1S/C16H24N2O3/c1-13-3-4-15(14(2)11-13)21-12-16(19)17-5-6-18-7-9-20-10-8-18/h3-4,11H,5-10,12H2,1-2H3,(H,17,19). The molecular weight excluding hydrogens is 268 g/mol. The number of nitrogens with one attached hydrogen (secondary N) is 1.